The zero-order valence-corrected chi connectivity index (χ0v) is 13.0. The number of hydrogen-bond donors (Lipinski definition) is 2. The fourth-order valence-electron chi connectivity index (χ4n) is 2.80. The summed E-state index contributed by atoms with van der Waals surface area (Å²) in [6.07, 6.45) is 3.62. The molecule has 0 saturated carbocycles. The van der Waals surface area contributed by atoms with Gasteiger partial charge in [0.1, 0.15) is 6.04 Å². The van der Waals surface area contributed by atoms with Gasteiger partial charge in [-0.1, -0.05) is 25.5 Å². The second-order valence-electron chi connectivity index (χ2n) is 5.84. The van der Waals surface area contributed by atoms with Crippen molar-refractivity contribution in [3.8, 4) is 0 Å². The minimum Gasteiger partial charge on any atom is -0.480 e. The predicted molar refractivity (Wildman–Crippen MR) is 84.8 cm³/mol. The van der Waals surface area contributed by atoms with Crippen LogP contribution in [0.2, 0.25) is 0 Å². The largest absolute Gasteiger partial charge is 0.480 e. The van der Waals surface area contributed by atoms with Crippen molar-refractivity contribution in [2.45, 2.75) is 45.2 Å². The normalized spacial score (nSPS) is 16.4. The molecule has 1 aliphatic heterocycles. The van der Waals surface area contributed by atoms with Crippen molar-refractivity contribution in [3.05, 3.63) is 35.4 Å². The van der Waals surface area contributed by atoms with Crippen molar-refractivity contribution in [2.75, 3.05) is 13.1 Å². The first kappa shape index (κ1) is 16.5. The predicted octanol–water partition coefficient (Wildman–Crippen LogP) is 2.27. The fraction of sp³-hybridized carbons (Fsp3) is 0.529. The lowest BCUT2D eigenvalue weighted by atomic mass is 10.1. The SMILES string of the molecule is CCCC(NC(=O)c1cccc(CN2CCCC2)c1)C(=O)O. The van der Waals surface area contributed by atoms with Gasteiger partial charge in [-0.15, -0.1) is 0 Å². The van der Waals surface area contributed by atoms with Gasteiger partial charge in [-0.3, -0.25) is 9.69 Å². The second kappa shape index (κ2) is 7.94. The number of aliphatic carboxylic acids is 1. The first-order valence-corrected chi connectivity index (χ1v) is 7.95. The fourth-order valence-corrected chi connectivity index (χ4v) is 2.80. The molecule has 5 heteroatoms. The number of carbonyl (C=O) groups excluding carboxylic acids is 1. The minimum absolute atomic E-state index is 0.316. The van der Waals surface area contributed by atoms with Crippen molar-refractivity contribution in [2.24, 2.45) is 0 Å². The number of carboxylic acids is 1. The number of likely N-dealkylation sites (tertiary alicyclic amines) is 1. The summed E-state index contributed by atoms with van der Waals surface area (Å²) in [6.45, 7) is 4.96. The molecule has 1 unspecified atom stereocenters. The van der Waals surface area contributed by atoms with Crippen molar-refractivity contribution in [3.63, 3.8) is 0 Å². The zero-order valence-electron chi connectivity index (χ0n) is 13.0. The van der Waals surface area contributed by atoms with Gasteiger partial charge in [0.05, 0.1) is 0 Å². The molecular formula is C17H24N2O3. The van der Waals surface area contributed by atoms with Crippen LogP contribution in [0.1, 0.15) is 48.5 Å². The van der Waals surface area contributed by atoms with Gasteiger partial charge < -0.3 is 10.4 Å². The van der Waals surface area contributed by atoms with Gasteiger partial charge in [0.25, 0.3) is 5.91 Å². The zero-order chi connectivity index (χ0) is 15.9. The summed E-state index contributed by atoms with van der Waals surface area (Å²) in [7, 11) is 0. The Morgan fingerprint density at radius 1 is 1.32 bits per heavy atom. The Labute approximate surface area is 131 Å². The molecule has 0 spiro atoms. The average Bonchev–Trinajstić information content (AvgIpc) is 2.99. The minimum atomic E-state index is -0.983. The third-order valence-corrected chi connectivity index (χ3v) is 3.97. The Morgan fingerprint density at radius 2 is 2.05 bits per heavy atom. The molecule has 1 amide bonds. The van der Waals surface area contributed by atoms with Gasteiger partial charge in [0.15, 0.2) is 0 Å². The van der Waals surface area contributed by atoms with Gasteiger partial charge in [-0.05, 0) is 50.0 Å². The van der Waals surface area contributed by atoms with Crippen LogP contribution < -0.4 is 5.32 Å². The van der Waals surface area contributed by atoms with Gasteiger partial charge >= 0.3 is 5.97 Å². The average molecular weight is 304 g/mol. The third kappa shape index (κ3) is 4.56. The highest BCUT2D eigenvalue weighted by atomic mass is 16.4. The topological polar surface area (TPSA) is 69.6 Å². The van der Waals surface area contributed by atoms with E-state index >= 15 is 0 Å². The molecule has 0 aliphatic carbocycles. The number of rotatable bonds is 7. The van der Waals surface area contributed by atoms with Crippen LogP contribution in [0.25, 0.3) is 0 Å². The first-order chi connectivity index (χ1) is 10.6. The summed E-state index contributed by atoms with van der Waals surface area (Å²) in [5, 5.41) is 11.7. The van der Waals surface area contributed by atoms with Gasteiger partial charge in [-0.25, -0.2) is 4.79 Å². The Balaban J connectivity index is 2.01. The molecule has 2 rings (SSSR count). The summed E-state index contributed by atoms with van der Waals surface area (Å²) in [4.78, 5) is 25.7. The van der Waals surface area contributed by atoms with E-state index in [0.717, 1.165) is 25.2 Å². The van der Waals surface area contributed by atoms with Crippen molar-refractivity contribution >= 4 is 11.9 Å². The standard InChI is InChI=1S/C17H24N2O3/c1-2-6-15(17(21)22)18-16(20)14-8-5-7-13(11-14)12-19-9-3-4-10-19/h5,7-8,11,15H,2-4,6,9-10,12H2,1H3,(H,18,20)(H,21,22). The number of carboxylic acid groups (broad SMARTS) is 1. The summed E-state index contributed by atoms with van der Waals surface area (Å²) in [6, 6.07) is 6.64. The molecule has 120 valence electrons. The Kier molecular flexibility index (Phi) is 5.95. The maximum absolute atomic E-state index is 12.2. The third-order valence-electron chi connectivity index (χ3n) is 3.97. The van der Waals surface area contributed by atoms with Crippen molar-refractivity contribution in [1.29, 1.82) is 0 Å². The maximum Gasteiger partial charge on any atom is 0.326 e. The summed E-state index contributed by atoms with van der Waals surface area (Å²) >= 11 is 0. The summed E-state index contributed by atoms with van der Waals surface area (Å²) in [5.74, 6) is -1.30. The summed E-state index contributed by atoms with van der Waals surface area (Å²) < 4.78 is 0. The maximum atomic E-state index is 12.2. The van der Waals surface area contributed by atoms with E-state index in [9.17, 15) is 9.59 Å². The van der Waals surface area contributed by atoms with Crippen LogP contribution in [-0.4, -0.2) is 41.0 Å². The highest BCUT2D eigenvalue weighted by Gasteiger charge is 2.20. The molecule has 0 aromatic heterocycles. The molecular weight excluding hydrogens is 280 g/mol. The Bertz CT molecular complexity index is 524. The number of carbonyl (C=O) groups is 2. The molecule has 5 nitrogen and oxygen atoms in total. The first-order valence-electron chi connectivity index (χ1n) is 7.95. The van der Waals surface area contributed by atoms with Crippen LogP contribution >= 0.6 is 0 Å². The van der Waals surface area contributed by atoms with Crippen LogP contribution in [-0.2, 0) is 11.3 Å². The van der Waals surface area contributed by atoms with Crippen LogP contribution in [0.5, 0.6) is 0 Å². The van der Waals surface area contributed by atoms with E-state index < -0.39 is 12.0 Å². The van der Waals surface area contributed by atoms with E-state index in [1.165, 1.54) is 12.8 Å². The lowest BCUT2D eigenvalue weighted by Crippen LogP contribution is -2.40. The molecule has 2 N–H and O–H groups in total. The Hall–Kier alpha value is -1.88. The molecule has 0 radical (unpaired) electrons. The van der Waals surface area contributed by atoms with Crippen LogP contribution in [0.3, 0.4) is 0 Å². The van der Waals surface area contributed by atoms with Crippen LogP contribution in [0.4, 0.5) is 0 Å². The van der Waals surface area contributed by atoms with E-state index in [0.29, 0.717) is 18.4 Å². The van der Waals surface area contributed by atoms with E-state index in [-0.39, 0.29) is 5.91 Å². The summed E-state index contributed by atoms with van der Waals surface area (Å²) in [5.41, 5.74) is 1.62. The number of nitrogens with one attached hydrogen (secondary N) is 1. The molecule has 1 aromatic rings. The van der Waals surface area contributed by atoms with Gasteiger partial charge in [0.2, 0.25) is 0 Å². The molecule has 1 aliphatic rings. The van der Waals surface area contributed by atoms with Crippen LogP contribution in [0.15, 0.2) is 24.3 Å². The van der Waals surface area contributed by atoms with Gasteiger partial charge in [-0.2, -0.15) is 0 Å². The molecule has 22 heavy (non-hydrogen) atoms. The number of benzene rings is 1. The Morgan fingerprint density at radius 3 is 2.68 bits per heavy atom. The lowest BCUT2D eigenvalue weighted by molar-refractivity contribution is -0.139. The van der Waals surface area contributed by atoms with Crippen molar-refractivity contribution in [1.82, 2.24) is 10.2 Å². The van der Waals surface area contributed by atoms with E-state index in [1.807, 2.05) is 25.1 Å². The highest BCUT2D eigenvalue weighted by Crippen LogP contribution is 2.14. The number of amides is 1. The van der Waals surface area contributed by atoms with Crippen LogP contribution in [0, 0.1) is 0 Å². The van der Waals surface area contributed by atoms with Gasteiger partial charge in [0, 0.05) is 12.1 Å². The van der Waals surface area contributed by atoms with E-state index in [4.69, 9.17) is 5.11 Å². The monoisotopic (exact) mass is 304 g/mol. The highest BCUT2D eigenvalue weighted by molar-refractivity contribution is 5.96. The van der Waals surface area contributed by atoms with E-state index in [1.54, 1.807) is 6.07 Å². The lowest BCUT2D eigenvalue weighted by Gasteiger charge is -2.16. The smallest absolute Gasteiger partial charge is 0.326 e. The molecule has 0 bridgehead atoms. The second-order valence-corrected chi connectivity index (χ2v) is 5.84. The molecule has 1 saturated heterocycles. The quantitative estimate of drug-likeness (QED) is 0.811. The van der Waals surface area contributed by atoms with Crippen molar-refractivity contribution < 1.29 is 14.7 Å². The van der Waals surface area contributed by atoms with E-state index in [2.05, 4.69) is 10.2 Å². The number of nitrogens with zero attached hydrogens (tertiary/aromatic N) is 1. The molecule has 1 heterocycles. The number of hydrogen-bond acceptors (Lipinski definition) is 3. The molecule has 1 atom stereocenters. The molecule has 1 aromatic carbocycles. The molecule has 1 fully saturated rings.